The molecule has 4 heteroatoms. The van der Waals surface area contributed by atoms with Crippen LogP contribution in [0.25, 0.3) is 6.08 Å². The topological polar surface area (TPSA) is 29.5 Å². The zero-order valence-electron chi connectivity index (χ0n) is 10.9. The number of aliphatic hydroxyl groups is 1. The van der Waals surface area contributed by atoms with Crippen LogP contribution < -0.4 is 4.74 Å². The van der Waals surface area contributed by atoms with Gasteiger partial charge in [0.25, 0.3) is 0 Å². The Bertz CT molecular complexity index is 589. The molecule has 0 spiro atoms. The number of ether oxygens (including phenoxy) is 1. The third-order valence-corrected chi connectivity index (χ3v) is 2.87. The van der Waals surface area contributed by atoms with Crippen LogP contribution in [0.1, 0.15) is 17.2 Å². The quantitative estimate of drug-likeness (QED) is 0.918. The average molecular weight is 276 g/mol. The summed E-state index contributed by atoms with van der Waals surface area (Å²) in [5, 5.41) is 9.85. The first-order chi connectivity index (χ1) is 9.60. The minimum absolute atomic E-state index is 0.300. The Hall–Kier alpha value is -2.20. The lowest BCUT2D eigenvalue weighted by atomic mass is 10.1. The van der Waals surface area contributed by atoms with Crippen molar-refractivity contribution >= 4 is 6.08 Å². The summed E-state index contributed by atoms with van der Waals surface area (Å²) in [6, 6.07) is 11.8. The molecular formula is C16H14F2O2. The van der Waals surface area contributed by atoms with Crippen LogP contribution >= 0.6 is 0 Å². The average Bonchev–Trinajstić information content (AvgIpc) is 2.48. The van der Waals surface area contributed by atoms with E-state index in [2.05, 4.69) is 0 Å². The van der Waals surface area contributed by atoms with E-state index in [1.807, 2.05) is 0 Å². The normalized spacial score (nSPS) is 13.1. The molecule has 2 aromatic rings. The van der Waals surface area contributed by atoms with Gasteiger partial charge in [-0.3, -0.25) is 0 Å². The molecule has 2 rings (SSSR count). The van der Waals surface area contributed by atoms with Crippen molar-refractivity contribution in [1.29, 1.82) is 0 Å². The third kappa shape index (κ3) is 3.42. The molecule has 20 heavy (non-hydrogen) atoms. The Morgan fingerprint density at radius 2 is 1.70 bits per heavy atom. The molecule has 1 unspecified atom stereocenters. The smallest absolute Gasteiger partial charge is 0.134 e. The number of halogens is 2. The molecule has 0 aliphatic heterocycles. The van der Waals surface area contributed by atoms with Crippen LogP contribution in [-0.4, -0.2) is 12.2 Å². The number of hydrogen-bond donors (Lipinski definition) is 1. The van der Waals surface area contributed by atoms with Crippen molar-refractivity contribution in [2.75, 3.05) is 7.11 Å². The van der Waals surface area contributed by atoms with Gasteiger partial charge in [0.1, 0.15) is 23.5 Å². The molecule has 0 radical (unpaired) electrons. The molecule has 0 saturated heterocycles. The lowest BCUT2D eigenvalue weighted by Gasteiger charge is -2.09. The molecule has 1 atom stereocenters. The van der Waals surface area contributed by atoms with Crippen LogP contribution in [0.3, 0.4) is 0 Å². The third-order valence-electron chi connectivity index (χ3n) is 2.87. The summed E-state index contributed by atoms with van der Waals surface area (Å²) in [4.78, 5) is 0. The van der Waals surface area contributed by atoms with E-state index < -0.39 is 17.7 Å². The lowest BCUT2D eigenvalue weighted by Crippen LogP contribution is -1.98. The monoisotopic (exact) mass is 276 g/mol. The van der Waals surface area contributed by atoms with Gasteiger partial charge in [-0.15, -0.1) is 0 Å². The van der Waals surface area contributed by atoms with Gasteiger partial charge >= 0.3 is 0 Å². The van der Waals surface area contributed by atoms with Crippen LogP contribution in [0, 0.1) is 5.82 Å². The molecule has 0 aliphatic carbocycles. The molecule has 104 valence electrons. The Morgan fingerprint density at radius 1 is 1.10 bits per heavy atom. The first kappa shape index (κ1) is 14.2. The van der Waals surface area contributed by atoms with E-state index in [-0.39, 0.29) is 0 Å². The highest BCUT2D eigenvalue weighted by Gasteiger charge is 2.13. The Balaban J connectivity index is 2.18. The van der Waals surface area contributed by atoms with Gasteiger partial charge in [-0.1, -0.05) is 24.3 Å². The molecule has 2 nitrogen and oxygen atoms in total. The number of hydrogen-bond acceptors (Lipinski definition) is 2. The van der Waals surface area contributed by atoms with Crippen LogP contribution in [0.4, 0.5) is 8.78 Å². The van der Waals surface area contributed by atoms with E-state index in [4.69, 9.17) is 4.74 Å². The summed E-state index contributed by atoms with van der Waals surface area (Å²) in [5.41, 5.74) is 0.901. The number of methoxy groups -OCH3 is 1. The van der Waals surface area contributed by atoms with Crippen molar-refractivity contribution in [3.05, 3.63) is 71.3 Å². The maximum Gasteiger partial charge on any atom is 0.134 e. The number of rotatable bonds is 4. The molecule has 0 amide bonds. The highest BCUT2D eigenvalue weighted by Crippen LogP contribution is 2.25. The predicted molar refractivity (Wildman–Crippen MR) is 73.4 cm³/mol. The molecule has 0 saturated carbocycles. The van der Waals surface area contributed by atoms with Crippen molar-refractivity contribution < 1.29 is 18.6 Å². The van der Waals surface area contributed by atoms with Crippen molar-refractivity contribution in [3.8, 4) is 5.75 Å². The van der Waals surface area contributed by atoms with Gasteiger partial charge in [0, 0.05) is 0 Å². The molecular weight excluding hydrogens is 262 g/mol. The number of aliphatic hydroxyl groups excluding tert-OH is 1. The first-order valence-electron chi connectivity index (χ1n) is 6.05. The fraction of sp³-hybridized carbons (Fsp3) is 0.125. The fourth-order valence-electron chi connectivity index (χ4n) is 1.74. The molecule has 0 bridgehead atoms. The Labute approximate surface area is 115 Å². The summed E-state index contributed by atoms with van der Waals surface area (Å²) in [7, 11) is 1.55. The van der Waals surface area contributed by atoms with Crippen LogP contribution in [-0.2, 0) is 0 Å². The van der Waals surface area contributed by atoms with Gasteiger partial charge in [-0.05, 0) is 41.5 Å². The molecule has 0 aromatic heterocycles. The van der Waals surface area contributed by atoms with Crippen LogP contribution in [0.5, 0.6) is 5.75 Å². The second-order valence-electron chi connectivity index (χ2n) is 4.26. The molecule has 0 aliphatic rings. The van der Waals surface area contributed by atoms with Gasteiger partial charge in [0.15, 0.2) is 0 Å². The molecule has 2 aromatic carbocycles. The van der Waals surface area contributed by atoms with Crippen molar-refractivity contribution in [3.63, 3.8) is 0 Å². The summed E-state index contributed by atoms with van der Waals surface area (Å²) >= 11 is 0. The fourth-order valence-corrected chi connectivity index (χ4v) is 1.74. The number of benzene rings is 2. The van der Waals surface area contributed by atoms with Gasteiger partial charge in [0.2, 0.25) is 0 Å². The van der Waals surface area contributed by atoms with E-state index in [1.165, 1.54) is 30.3 Å². The van der Waals surface area contributed by atoms with Crippen molar-refractivity contribution in [2.24, 2.45) is 0 Å². The van der Waals surface area contributed by atoms with E-state index >= 15 is 0 Å². The first-order valence-corrected chi connectivity index (χ1v) is 6.05. The van der Waals surface area contributed by atoms with E-state index in [0.29, 0.717) is 16.9 Å². The SMILES string of the molecule is COc1ccc(/C=C(\F)C(O)c2ccc(F)cc2)cc1. The second kappa shape index (κ2) is 6.30. The molecule has 0 fully saturated rings. The largest absolute Gasteiger partial charge is 0.497 e. The Morgan fingerprint density at radius 3 is 2.25 bits per heavy atom. The summed E-state index contributed by atoms with van der Waals surface area (Å²) < 4.78 is 31.7. The van der Waals surface area contributed by atoms with Gasteiger partial charge < -0.3 is 9.84 Å². The zero-order valence-corrected chi connectivity index (χ0v) is 10.9. The predicted octanol–water partition coefficient (Wildman–Crippen LogP) is 3.88. The minimum atomic E-state index is -1.40. The molecule has 1 N–H and O–H groups in total. The minimum Gasteiger partial charge on any atom is -0.497 e. The van der Waals surface area contributed by atoms with E-state index in [9.17, 15) is 13.9 Å². The standard InChI is InChI=1S/C16H14F2O2/c1-20-14-8-2-11(3-9-14)10-15(18)16(19)12-4-6-13(17)7-5-12/h2-10,16,19H,1H3/b15-10-. The maximum absolute atomic E-state index is 13.9. The van der Waals surface area contributed by atoms with Crippen LogP contribution in [0.2, 0.25) is 0 Å². The van der Waals surface area contributed by atoms with Crippen molar-refractivity contribution in [1.82, 2.24) is 0 Å². The highest BCUT2D eigenvalue weighted by atomic mass is 19.1. The van der Waals surface area contributed by atoms with Gasteiger partial charge in [0.05, 0.1) is 7.11 Å². The summed E-state index contributed by atoms with van der Waals surface area (Å²) in [5.74, 6) is -0.469. The van der Waals surface area contributed by atoms with Gasteiger partial charge in [-0.25, -0.2) is 8.78 Å². The second-order valence-corrected chi connectivity index (χ2v) is 4.26. The van der Waals surface area contributed by atoms with Crippen molar-refractivity contribution in [2.45, 2.75) is 6.10 Å². The zero-order chi connectivity index (χ0) is 14.5. The molecule has 0 heterocycles. The van der Waals surface area contributed by atoms with Crippen LogP contribution in [0.15, 0.2) is 54.4 Å². The maximum atomic E-state index is 13.9. The highest BCUT2D eigenvalue weighted by molar-refractivity contribution is 5.53. The van der Waals surface area contributed by atoms with E-state index in [1.54, 1.807) is 31.4 Å². The lowest BCUT2D eigenvalue weighted by molar-refractivity contribution is 0.188. The van der Waals surface area contributed by atoms with E-state index in [0.717, 1.165) is 0 Å². The van der Waals surface area contributed by atoms with Gasteiger partial charge in [-0.2, -0.15) is 0 Å². The summed E-state index contributed by atoms with van der Waals surface area (Å²) in [6.45, 7) is 0. The summed E-state index contributed by atoms with van der Waals surface area (Å²) in [6.07, 6.45) is -0.175. The Kier molecular flexibility index (Phi) is 4.48.